The van der Waals surface area contributed by atoms with Crippen molar-refractivity contribution in [3.63, 3.8) is 0 Å². The lowest BCUT2D eigenvalue weighted by Gasteiger charge is -2.36. The van der Waals surface area contributed by atoms with E-state index in [0.717, 1.165) is 31.3 Å². The monoisotopic (exact) mass is 268 g/mol. The second-order valence-electron chi connectivity index (χ2n) is 6.64. The Labute approximate surface area is 122 Å². The molecule has 1 saturated heterocycles. The first-order valence-electron chi connectivity index (χ1n) is 7.96. The molecule has 0 amide bonds. The third kappa shape index (κ3) is 3.04. The number of hydrogen-bond donors (Lipinski definition) is 1. The Morgan fingerprint density at radius 3 is 2.65 bits per heavy atom. The first-order chi connectivity index (χ1) is 9.83. The molecule has 1 aromatic carbocycles. The molecule has 0 spiro atoms. The van der Waals surface area contributed by atoms with Crippen LogP contribution in [0.15, 0.2) is 30.3 Å². The zero-order valence-corrected chi connectivity index (χ0v) is 12.1. The van der Waals surface area contributed by atoms with E-state index in [2.05, 4.69) is 41.7 Å². The van der Waals surface area contributed by atoms with E-state index in [1.807, 2.05) is 0 Å². The highest BCUT2D eigenvalue weighted by Crippen LogP contribution is 2.52. The fourth-order valence-corrected chi connectivity index (χ4v) is 3.81. The molecule has 1 heterocycles. The molecule has 0 aromatic heterocycles. The Balaban J connectivity index is 1.53. The van der Waals surface area contributed by atoms with Crippen LogP contribution in [0.25, 0.3) is 0 Å². The minimum absolute atomic E-state index is 0.309. The maximum atomic E-state index is 9.12. The summed E-state index contributed by atoms with van der Waals surface area (Å²) in [5, 5.41) is 12.6. The molecular formula is C18H24N2. The number of hydrogen-bond acceptors (Lipinski definition) is 2. The molecule has 1 N–H and O–H groups in total. The van der Waals surface area contributed by atoms with Crippen molar-refractivity contribution in [2.75, 3.05) is 13.1 Å². The average molecular weight is 268 g/mol. The fourth-order valence-electron chi connectivity index (χ4n) is 3.81. The first kappa shape index (κ1) is 13.6. The molecule has 2 aliphatic rings. The minimum atomic E-state index is 0.309. The van der Waals surface area contributed by atoms with Gasteiger partial charge < -0.3 is 5.32 Å². The molecular weight excluding hydrogens is 244 g/mol. The van der Waals surface area contributed by atoms with Gasteiger partial charge in [-0.05, 0) is 68.0 Å². The third-order valence-corrected chi connectivity index (χ3v) is 5.31. The van der Waals surface area contributed by atoms with E-state index >= 15 is 0 Å². The van der Waals surface area contributed by atoms with Crippen molar-refractivity contribution in [3.8, 4) is 6.07 Å². The molecule has 2 nitrogen and oxygen atoms in total. The van der Waals surface area contributed by atoms with E-state index in [1.165, 1.54) is 37.7 Å². The van der Waals surface area contributed by atoms with Gasteiger partial charge in [0.05, 0.1) is 6.07 Å². The van der Waals surface area contributed by atoms with Gasteiger partial charge in [0.2, 0.25) is 0 Å². The molecule has 1 aromatic rings. The van der Waals surface area contributed by atoms with E-state index in [9.17, 15) is 0 Å². The minimum Gasteiger partial charge on any atom is -0.317 e. The molecule has 2 unspecified atom stereocenters. The molecule has 20 heavy (non-hydrogen) atoms. The van der Waals surface area contributed by atoms with Crippen LogP contribution in [0.3, 0.4) is 0 Å². The van der Waals surface area contributed by atoms with Gasteiger partial charge in [-0.15, -0.1) is 0 Å². The molecule has 2 heteroatoms. The van der Waals surface area contributed by atoms with Gasteiger partial charge in [-0.25, -0.2) is 0 Å². The number of nitriles is 1. The summed E-state index contributed by atoms with van der Waals surface area (Å²) in [7, 11) is 0. The van der Waals surface area contributed by atoms with Crippen molar-refractivity contribution >= 4 is 0 Å². The Hall–Kier alpha value is -1.33. The summed E-state index contributed by atoms with van der Waals surface area (Å²) in [6, 6.07) is 13.4. The largest absolute Gasteiger partial charge is 0.317 e. The highest BCUT2D eigenvalue weighted by atomic mass is 14.9. The molecule has 3 rings (SSSR count). The van der Waals surface area contributed by atoms with E-state index in [0.29, 0.717) is 5.41 Å². The van der Waals surface area contributed by atoms with Gasteiger partial charge in [0.1, 0.15) is 0 Å². The third-order valence-electron chi connectivity index (χ3n) is 5.31. The Bertz CT molecular complexity index is 468. The summed E-state index contributed by atoms with van der Waals surface area (Å²) < 4.78 is 0. The normalized spacial score (nSPS) is 27.8. The van der Waals surface area contributed by atoms with Crippen LogP contribution in [0.2, 0.25) is 0 Å². The molecule has 106 valence electrons. The van der Waals surface area contributed by atoms with Crippen LogP contribution in [0.5, 0.6) is 0 Å². The molecule has 1 aliphatic carbocycles. The van der Waals surface area contributed by atoms with E-state index in [4.69, 9.17) is 5.26 Å². The van der Waals surface area contributed by atoms with Crippen molar-refractivity contribution in [1.29, 1.82) is 5.26 Å². The Kier molecular flexibility index (Phi) is 4.08. The number of rotatable bonds is 5. The highest BCUT2D eigenvalue weighted by Gasteiger charge is 2.40. The maximum Gasteiger partial charge on any atom is 0.0627 e. The molecule has 2 atom stereocenters. The van der Waals surface area contributed by atoms with Crippen LogP contribution in [0.4, 0.5) is 0 Å². The average Bonchev–Trinajstić information content (AvgIpc) is 3.27. The lowest BCUT2D eigenvalue weighted by Crippen LogP contribution is -2.36. The van der Waals surface area contributed by atoms with Crippen molar-refractivity contribution in [1.82, 2.24) is 5.32 Å². The maximum absolute atomic E-state index is 9.12. The van der Waals surface area contributed by atoms with Crippen molar-refractivity contribution in [2.24, 2.45) is 11.3 Å². The predicted molar refractivity (Wildman–Crippen MR) is 81.3 cm³/mol. The van der Waals surface area contributed by atoms with Gasteiger partial charge in [-0.1, -0.05) is 30.3 Å². The summed E-state index contributed by atoms with van der Waals surface area (Å²) in [5.41, 5.74) is 1.82. The second kappa shape index (κ2) is 5.97. The summed E-state index contributed by atoms with van der Waals surface area (Å²) in [4.78, 5) is 0. The van der Waals surface area contributed by atoms with E-state index < -0.39 is 0 Å². The molecule has 2 fully saturated rings. The topological polar surface area (TPSA) is 35.8 Å². The zero-order valence-electron chi connectivity index (χ0n) is 12.1. The van der Waals surface area contributed by atoms with Gasteiger partial charge in [0, 0.05) is 6.42 Å². The fraction of sp³-hybridized carbons (Fsp3) is 0.611. The smallest absolute Gasteiger partial charge is 0.0627 e. The van der Waals surface area contributed by atoms with Gasteiger partial charge in [-0.2, -0.15) is 5.26 Å². The van der Waals surface area contributed by atoms with Crippen LogP contribution < -0.4 is 5.32 Å². The number of piperidine rings is 1. The van der Waals surface area contributed by atoms with Crippen molar-refractivity contribution in [2.45, 2.75) is 44.4 Å². The standard InChI is InChI=1S/C18H24N2/c19-11-8-18(9-12-20-13-10-18)7-6-16-14-17(16)15-4-2-1-3-5-15/h1-5,16-17,20H,6-10,12-14H2. The Morgan fingerprint density at radius 2 is 1.95 bits per heavy atom. The SMILES string of the molecule is N#CCC1(CCC2CC2c2ccccc2)CCNCC1. The van der Waals surface area contributed by atoms with Crippen LogP contribution in [0, 0.1) is 22.7 Å². The summed E-state index contributed by atoms with van der Waals surface area (Å²) in [5.74, 6) is 1.65. The number of nitrogens with one attached hydrogen (secondary N) is 1. The second-order valence-corrected chi connectivity index (χ2v) is 6.64. The van der Waals surface area contributed by atoms with Crippen LogP contribution >= 0.6 is 0 Å². The highest BCUT2D eigenvalue weighted by molar-refractivity contribution is 5.25. The number of benzene rings is 1. The van der Waals surface area contributed by atoms with Gasteiger partial charge in [-0.3, -0.25) is 0 Å². The first-order valence-corrected chi connectivity index (χ1v) is 7.96. The quantitative estimate of drug-likeness (QED) is 0.880. The van der Waals surface area contributed by atoms with Crippen molar-refractivity contribution in [3.05, 3.63) is 35.9 Å². The summed E-state index contributed by atoms with van der Waals surface area (Å²) in [6.07, 6.45) is 7.02. The van der Waals surface area contributed by atoms with Gasteiger partial charge >= 0.3 is 0 Å². The predicted octanol–water partition coefficient (Wildman–Crippen LogP) is 3.85. The van der Waals surface area contributed by atoms with Crippen molar-refractivity contribution < 1.29 is 0 Å². The van der Waals surface area contributed by atoms with Gasteiger partial charge in [0.25, 0.3) is 0 Å². The van der Waals surface area contributed by atoms with Crippen LogP contribution in [0.1, 0.15) is 50.0 Å². The summed E-state index contributed by atoms with van der Waals surface area (Å²) >= 11 is 0. The molecule has 1 aliphatic heterocycles. The number of nitrogens with zero attached hydrogens (tertiary/aromatic N) is 1. The zero-order chi connectivity index (χ0) is 13.8. The molecule has 0 bridgehead atoms. The molecule has 0 radical (unpaired) electrons. The van der Waals surface area contributed by atoms with Crippen LogP contribution in [-0.4, -0.2) is 13.1 Å². The lowest BCUT2D eigenvalue weighted by atomic mass is 9.72. The van der Waals surface area contributed by atoms with Gasteiger partial charge in [0.15, 0.2) is 0 Å². The Morgan fingerprint density at radius 1 is 1.20 bits per heavy atom. The van der Waals surface area contributed by atoms with Crippen LogP contribution in [-0.2, 0) is 0 Å². The van der Waals surface area contributed by atoms with E-state index in [-0.39, 0.29) is 0 Å². The van der Waals surface area contributed by atoms with E-state index in [1.54, 1.807) is 0 Å². The lowest BCUT2D eigenvalue weighted by molar-refractivity contribution is 0.181. The molecule has 1 saturated carbocycles. The summed E-state index contributed by atoms with van der Waals surface area (Å²) in [6.45, 7) is 2.18.